The zero-order valence-electron chi connectivity index (χ0n) is 34.1. The van der Waals surface area contributed by atoms with E-state index in [1.807, 2.05) is 42.5 Å². The van der Waals surface area contributed by atoms with Crippen LogP contribution < -0.4 is 0 Å². The van der Waals surface area contributed by atoms with Gasteiger partial charge in [0.15, 0.2) is 5.82 Å². The van der Waals surface area contributed by atoms with E-state index < -0.39 is 0 Å². The molecule has 0 atom stereocenters. The average Bonchev–Trinajstić information content (AvgIpc) is 3.76. The van der Waals surface area contributed by atoms with Gasteiger partial charge in [0.1, 0.15) is 11.2 Å². The number of aromatic nitrogens is 3. The third-order valence-electron chi connectivity index (χ3n) is 12.1. The van der Waals surface area contributed by atoms with Gasteiger partial charge in [0.25, 0.3) is 0 Å². The molecule has 4 nitrogen and oxygen atoms in total. The van der Waals surface area contributed by atoms with E-state index in [4.69, 9.17) is 19.4 Å². The molecule has 294 valence electrons. The molecule has 0 saturated carbocycles. The highest BCUT2D eigenvalue weighted by Crippen LogP contribution is 2.43. The van der Waals surface area contributed by atoms with E-state index in [-0.39, 0.29) is 0 Å². The molecule has 0 aliphatic heterocycles. The van der Waals surface area contributed by atoms with Gasteiger partial charge in [-0.25, -0.2) is 15.0 Å². The first-order chi connectivity index (χ1) is 31.2. The molecule has 0 N–H and O–H groups in total. The fraction of sp³-hybridized carbons (Fsp3) is 0. The van der Waals surface area contributed by atoms with Crippen molar-refractivity contribution in [3.8, 4) is 78.5 Å². The predicted octanol–water partition coefficient (Wildman–Crippen LogP) is 15.7. The summed E-state index contributed by atoms with van der Waals surface area (Å²) in [6, 6.07) is 78.5. The lowest BCUT2D eigenvalue weighted by Crippen LogP contribution is -1.96. The maximum atomic E-state index is 6.77. The summed E-state index contributed by atoms with van der Waals surface area (Å²) in [5, 5.41) is 5.62. The molecule has 0 unspecified atom stereocenters. The molecular formula is C59H37N3O. The largest absolute Gasteiger partial charge is 0.455 e. The number of benzene rings is 9. The molecule has 12 rings (SSSR count). The second kappa shape index (κ2) is 15.2. The van der Waals surface area contributed by atoms with E-state index in [0.29, 0.717) is 5.82 Å². The highest BCUT2D eigenvalue weighted by molar-refractivity contribution is 6.29. The molecular weight excluding hydrogens is 767 g/mol. The Bertz CT molecular complexity index is 3580. The number of fused-ring (bicyclic) bond motifs is 7. The van der Waals surface area contributed by atoms with E-state index in [9.17, 15) is 0 Å². The van der Waals surface area contributed by atoms with Crippen molar-refractivity contribution in [2.24, 2.45) is 0 Å². The minimum Gasteiger partial charge on any atom is -0.455 e. The van der Waals surface area contributed by atoms with Crippen molar-refractivity contribution in [2.75, 3.05) is 0 Å². The van der Waals surface area contributed by atoms with Gasteiger partial charge in [-0.1, -0.05) is 194 Å². The Kier molecular flexibility index (Phi) is 8.79. The molecule has 0 saturated heterocycles. The van der Waals surface area contributed by atoms with E-state index in [1.165, 1.54) is 5.39 Å². The lowest BCUT2D eigenvalue weighted by Gasteiger charge is -2.11. The summed E-state index contributed by atoms with van der Waals surface area (Å²) >= 11 is 0. The number of pyridine rings is 1. The van der Waals surface area contributed by atoms with Crippen LogP contribution in [0.5, 0.6) is 0 Å². The Balaban J connectivity index is 0.869. The number of para-hydroxylation sites is 2. The van der Waals surface area contributed by atoms with Crippen LogP contribution in [0.4, 0.5) is 0 Å². The van der Waals surface area contributed by atoms with E-state index in [0.717, 1.165) is 111 Å². The molecule has 0 fully saturated rings. The van der Waals surface area contributed by atoms with Crippen molar-refractivity contribution in [1.82, 2.24) is 15.0 Å². The number of hydrogen-bond acceptors (Lipinski definition) is 4. The van der Waals surface area contributed by atoms with E-state index in [1.54, 1.807) is 0 Å². The van der Waals surface area contributed by atoms with Gasteiger partial charge in [-0.3, -0.25) is 0 Å². The van der Waals surface area contributed by atoms with Crippen LogP contribution >= 0.6 is 0 Å². The summed E-state index contributed by atoms with van der Waals surface area (Å²) in [6.07, 6.45) is 0. The van der Waals surface area contributed by atoms with Crippen molar-refractivity contribution in [3.63, 3.8) is 0 Å². The minimum absolute atomic E-state index is 0.708. The number of rotatable bonds is 7. The normalized spacial score (nSPS) is 11.5. The topological polar surface area (TPSA) is 51.8 Å². The van der Waals surface area contributed by atoms with Crippen molar-refractivity contribution >= 4 is 43.6 Å². The first-order valence-electron chi connectivity index (χ1n) is 21.3. The highest BCUT2D eigenvalue weighted by atomic mass is 16.3. The van der Waals surface area contributed by atoms with Crippen LogP contribution in [0.25, 0.3) is 122 Å². The SMILES string of the molecule is c1ccc(-c2cc(-c3cccc(-c4ccc(-c5ccc(-c6cccc7c6oc6ccc8c(-c9ccccc9)nc9ccccc9c8c67)cc5)cc4)c3)nc(-c3ccccc3)n2)cc1. The van der Waals surface area contributed by atoms with Crippen molar-refractivity contribution in [1.29, 1.82) is 0 Å². The molecule has 0 bridgehead atoms. The Morgan fingerprint density at radius 3 is 1.56 bits per heavy atom. The standard InChI is InChI=1S/C59H37N3O/c1-4-14-42(15-5-1)52-37-53(62-59(61-52)44-18-8-3-9-19-44)46-21-12-20-45(36-46)40-28-26-38(27-29-40)39-30-32-41(33-31-39)47-23-13-24-50-56-54(63-58(47)50)35-34-49-55(56)48-22-10-11-25-51(48)60-57(49)43-16-6-2-7-17-43/h1-37H. The van der Waals surface area contributed by atoms with E-state index in [2.05, 4.69) is 182 Å². The van der Waals surface area contributed by atoms with E-state index >= 15 is 0 Å². The van der Waals surface area contributed by atoms with Crippen molar-refractivity contribution < 1.29 is 4.42 Å². The first-order valence-corrected chi connectivity index (χ1v) is 21.3. The molecule has 9 aromatic carbocycles. The maximum Gasteiger partial charge on any atom is 0.160 e. The molecule has 63 heavy (non-hydrogen) atoms. The van der Waals surface area contributed by atoms with Crippen LogP contribution in [0.15, 0.2) is 229 Å². The smallest absolute Gasteiger partial charge is 0.160 e. The molecule has 12 aromatic rings. The molecule has 0 aliphatic carbocycles. The zero-order chi connectivity index (χ0) is 41.7. The molecule has 0 spiro atoms. The monoisotopic (exact) mass is 803 g/mol. The number of hydrogen-bond donors (Lipinski definition) is 0. The summed E-state index contributed by atoms with van der Waals surface area (Å²) in [5.41, 5.74) is 16.4. The molecule has 3 aromatic heterocycles. The Morgan fingerprint density at radius 2 is 0.841 bits per heavy atom. The summed E-state index contributed by atoms with van der Waals surface area (Å²) in [6.45, 7) is 0. The molecule has 3 heterocycles. The van der Waals surface area contributed by atoms with Crippen LogP contribution in [-0.4, -0.2) is 15.0 Å². The van der Waals surface area contributed by atoms with Crippen molar-refractivity contribution in [2.45, 2.75) is 0 Å². The van der Waals surface area contributed by atoms with Gasteiger partial charge >= 0.3 is 0 Å². The van der Waals surface area contributed by atoms with Crippen molar-refractivity contribution in [3.05, 3.63) is 224 Å². The Hall–Kier alpha value is -8.47. The van der Waals surface area contributed by atoms with Gasteiger partial charge in [0, 0.05) is 54.7 Å². The highest BCUT2D eigenvalue weighted by Gasteiger charge is 2.19. The fourth-order valence-electron chi connectivity index (χ4n) is 9.00. The van der Waals surface area contributed by atoms with Gasteiger partial charge in [-0.2, -0.15) is 0 Å². The lowest BCUT2D eigenvalue weighted by molar-refractivity contribution is 0.670. The molecule has 0 amide bonds. The first kappa shape index (κ1) is 36.4. The van der Waals surface area contributed by atoms with Gasteiger partial charge in [0.05, 0.1) is 22.6 Å². The molecule has 0 radical (unpaired) electrons. The third-order valence-corrected chi connectivity index (χ3v) is 12.1. The van der Waals surface area contributed by atoms with Gasteiger partial charge in [0.2, 0.25) is 0 Å². The quantitative estimate of drug-likeness (QED) is 0.151. The van der Waals surface area contributed by atoms with Gasteiger partial charge in [-0.05, 0) is 58.1 Å². The zero-order valence-corrected chi connectivity index (χ0v) is 34.1. The van der Waals surface area contributed by atoms with Gasteiger partial charge in [-0.15, -0.1) is 0 Å². The maximum absolute atomic E-state index is 6.77. The third kappa shape index (κ3) is 6.53. The summed E-state index contributed by atoms with van der Waals surface area (Å²) in [7, 11) is 0. The van der Waals surface area contributed by atoms with Crippen LogP contribution in [0.2, 0.25) is 0 Å². The van der Waals surface area contributed by atoms with Crippen LogP contribution in [-0.2, 0) is 0 Å². The Morgan fingerprint density at radius 1 is 0.302 bits per heavy atom. The second-order valence-corrected chi connectivity index (χ2v) is 15.9. The molecule has 0 aliphatic rings. The summed E-state index contributed by atoms with van der Waals surface area (Å²) in [4.78, 5) is 15.2. The van der Waals surface area contributed by atoms with Crippen LogP contribution in [0.1, 0.15) is 0 Å². The number of furan rings is 1. The summed E-state index contributed by atoms with van der Waals surface area (Å²) < 4.78 is 6.77. The predicted molar refractivity (Wildman–Crippen MR) is 260 cm³/mol. The van der Waals surface area contributed by atoms with Crippen LogP contribution in [0.3, 0.4) is 0 Å². The minimum atomic E-state index is 0.708. The van der Waals surface area contributed by atoms with Gasteiger partial charge < -0.3 is 4.42 Å². The fourth-order valence-corrected chi connectivity index (χ4v) is 9.00. The lowest BCUT2D eigenvalue weighted by atomic mass is 9.94. The summed E-state index contributed by atoms with van der Waals surface area (Å²) in [5.74, 6) is 0.708. The van der Waals surface area contributed by atoms with Crippen LogP contribution in [0, 0.1) is 0 Å². The molecule has 4 heteroatoms. The average molecular weight is 804 g/mol. The second-order valence-electron chi connectivity index (χ2n) is 15.9. The Labute approximate surface area is 364 Å². The number of nitrogens with zero attached hydrogens (tertiary/aromatic N) is 3.